The normalized spacial score (nSPS) is 14.0. The predicted molar refractivity (Wildman–Crippen MR) is 78.2 cm³/mol. The largest absolute Gasteiger partial charge is 0.465 e. The maximum Gasteiger partial charge on any atom is 0.343 e. The molecule has 1 saturated carbocycles. The van der Waals surface area contributed by atoms with Gasteiger partial charge in [0.25, 0.3) is 5.56 Å². The van der Waals surface area contributed by atoms with Gasteiger partial charge in [-0.1, -0.05) is 11.6 Å². The van der Waals surface area contributed by atoms with Crippen molar-refractivity contribution >= 4 is 17.6 Å². The van der Waals surface area contributed by atoms with Gasteiger partial charge in [-0.05, 0) is 43.2 Å². The molecule has 0 amide bonds. The lowest BCUT2D eigenvalue weighted by molar-refractivity contribution is 0.0597. The average molecular weight is 305 g/mol. The van der Waals surface area contributed by atoms with E-state index in [1.54, 1.807) is 24.3 Å². The summed E-state index contributed by atoms with van der Waals surface area (Å²) in [6, 6.07) is 8.26. The topological polar surface area (TPSA) is 61.2 Å². The van der Waals surface area contributed by atoms with Crippen molar-refractivity contribution in [3.63, 3.8) is 0 Å². The number of ether oxygens (including phenoxy) is 1. The minimum atomic E-state index is -0.646. The summed E-state index contributed by atoms with van der Waals surface area (Å²) in [5.41, 5.74) is 0.819. The lowest BCUT2D eigenvalue weighted by atomic mass is 10.2. The van der Waals surface area contributed by atoms with Crippen LogP contribution >= 0.6 is 11.6 Å². The summed E-state index contributed by atoms with van der Waals surface area (Å²) in [7, 11) is 1.26. The van der Waals surface area contributed by atoms with Gasteiger partial charge in [0.15, 0.2) is 0 Å². The molecule has 1 aromatic carbocycles. The molecular formula is C15H13ClN2O3. The SMILES string of the molecule is COC(=O)c1cc(C2CC2)nn(-c2ccc(Cl)cc2)c1=O. The van der Waals surface area contributed by atoms with Crippen molar-refractivity contribution in [3.8, 4) is 5.69 Å². The summed E-state index contributed by atoms with van der Waals surface area (Å²) in [5, 5.41) is 4.93. The van der Waals surface area contributed by atoms with E-state index in [4.69, 9.17) is 11.6 Å². The monoisotopic (exact) mass is 304 g/mol. The highest BCUT2D eigenvalue weighted by Crippen LogP contribution is 2.38. The number of rotatable bonds is 3. The lowest BCUT2D eigenvalue weighted by Crippen LogP contribution is -2.29. The average Bonchev–Trinajstić information content (AvgIpc) is 3.32. The molecule has 5 nitrogen and oxygen atoms in total. The first-order valence-electron chi connectivity index (χ1n) is 6.58. The van der Waals surface area contributed by atoms with Crippen LogP contribution in [0.5, 0.6) is 0 Å². The molecule has 0 unspecified atom stereocenters. The number of benzene rings is 1. The van der Waals surface area contributed by atoms with E-state index in [1.807, 2.05) is 0 Å². The molecule has 1 fully saturated rings. The molecule has 0 bridgehead atoms. The minimum Gasteiger partial charge on any atom is -0.465 e. The van der Waals surface area contributed by atoms with Gasteiger partial charge < -0.3 is 4.74 Å². The van der Waals surface area contributed by atoms with Gasteiger partial charge in [-0.15, -0.1) is 0 Å². The molecule has 0 atom stereocenters. The molecule has 108 valence electrons. The van der Waals surface area contributed by atoms with Crippen molar-refractivity contribution in [2.45, 2.75) is 18.8 Å². The Morgan fingerprint density at radius 2 is 2.00 bits per heavy atom. The maximum atomic E-state index is 12.4. The molecule has 6 heteroatoms. The molecule has 1 aliphatic carbocycles. The Hall–Kier alpha value is -2.14. The smallest absolute Gasteiger partial charge is 0.343 e. The van der Waals surface area contributed by atoms with Crippen LogP contribution in [-0.4, -0.2) is 22.9 Å². The van der Waals surface area contributed by atoms with Gasteiger partial charge >= 0.3 is 5.97 Å². The highest BCUT2D eigenvalue weighted by atomic mass is 35.5. The van der Waals surface area contributed by atoms with Gasteiger partial charge in [-0.2, -0.15) is 9.78 Å². The van der Waals surface area contributed by atoms with Gasteiger partial charge in [0, 0.05) is 10.9 Å². The van der Waals surface area contributed by atoms with Gasteiger partial charge in [0.05, 0.1) is 18.5 Å². The Bertz CT molecular complexity index is 749. The summed E-state index contributed by atoms with van der Waals surface area (Å²) in [4.78, 5) is 24.2. The zero-order valence-corrected chi connectivity index (χ0v) is 12.1. The van der Waals surface area contributed by atoms with Crippen LogP contribution in [0.1, 0.15) is 34.8 Å². The molecule has 0 aliphatic heterocycles. The van der Waals surface area contributed by atoms with E-state index in [2.05, 4.69) is 9.84 Å². The molecule has 1 heterocycles. The number of hydrogen-bond acceptors (Lipinski definition) is 4. The highest BCUT2D eigenvalue weighted by Gasteiger charge is 2.28. The third-order valence-corrected chi connectivity index (χ3v) is 3.65. The van der Waals surface area contributed by atoms with Crippen molar-refractivity contribution in [2.24, 2.45) is 0 Å². The van der Waals surface area contributed by atoms with Crippen LogP contribution in [0, 0.1) is 0 Å². The quantitative estimate of drug-likeness (QED) is 0.818. The van der Waals surface area contributed by atoms with Gasteiger partial charge in [0.2, 0.25) is 0 Å². The van der Waals surface area contributed by atoms with Crippen LogP contribution in [0.25, 0.3) is 5.69 Å². The maximum absolute atomic E-state index is 12.4. The van der Waals surface area contributed by atoms with Gasteiger partial charge in [0.1, 0.15) is 5.56 Å². The molecule has 2 aromatic rings. The summed E-state index contributed by atoms with van der Waals surface area (Å²) in [6.07, 6.45) is 2.04. The standard InChI is InChI=1S/C15H13ClN2O3/c1-21-15(20)12-8-13(9-2-3-9)17-18(14(12)19)11-6-4-10(16)5-7-11/h4-9H,2-3H2,1H3. The van der Waals surface area contributed by atoms with Crippen molar-refractivity contribution in [1.82, 2.24) is 9.78 Å². The first-order valence-corrected chi connectivity index (χ1v) is 6.96. The second kappa shape index (κ2) is 5.33. The van der Waals surface area contributed by atoms with E-state index >= 15 is 0 Å². The van der Waals surface area contributed by atoms with E-state index in [0.29, 0.717) is 16.6 Å². The molecule has 1 aromatic heterocycles. The summed E-state index contributed by atoms with van der Waals surface area (Å²) in [5.74, 6) is -0.334. The van der Waals surface area contributed by atoms with Crippen LogP contribution < -0.4 is 5.56 Å². The Morgan fingerprint density at radius 1 is 1.33 bits per heavy atom. The number of esters is 1. The zero-order valence-electron chi connectivity index (χ0n) is 11.4. The second-order valence-corrected chi connectivity index (χ2v) is 5.38. The highest BCUT2D eigenvalue weighted by molar-refractivity contribution is 6.30. The molecule has 0 N–H and O–H groups in total. The fourth-order valence-corrected chi connectivity index (χ4v) is 2.23. The molecule has 1 aliphatic rings. The summed E-state index contributed by atoms with van der Waals surface area (Å²) < 4.78 is 5.91. The predicted octanol–water partition coefficient (Wildman–Crippen LogP) is 2.55. The Morgan fingerprint density at radius 3 is 2.57 bits per heavy atom. The van der Waals surface area contributed by atoms with Crippen molar-refractivity contribution in [3.05, 3.63) is 57.0 Å². The first-order chi connectivity index (χ1) is 10.1. The number of methoxy groups -OCH3 is 1. The van der Waals surface area contributed by atoms with Crippen LogP contribution in [0.3, 0.4) is 0 Å². The van der Waals surface area contributed by atoms with Crippen LogP contribution in [0.15, 0.2) is 35.1 Å². The van der Waals surface area contributed by atoms with Crippen molar-refractivity contribution < 1.29 is 9.53 Å². The Labute approximate surface area is 126 Å². The third-order valence-electron chi connectivity index (χ3n) is 3.40. The van der Waals surface area contributed by atoms with Crippen LogP contribution in [0.2, 0.25) is 5.02 Å². The van der Waals surface area contributed by atoms with Crippen molar-refractivity contribution in [1.29, 1.82) is 0 Å². The lowest BCUT2D eigenvalue weighted by Gasteiger charge is -2.09. The van der Waals surface area contributed by atoms with Crippen molar-refractivity contribution in [2.75, 3.05) is 7.11 Å². The Balaban J connectivity index is 2.18. The number of nitrogens with zero attached hydrogens (tertiary/aromatic N) is 2. The number of carbonyl (C=O) groups excluding carboxylic acids is 1. The van der Waals surface area contributed by atoms with E-state index in [1.165, 1.54) is 17.9 Å². The van der Waals surface area contributed by atoms with Gasteiger partial charge in [-0.3, -0.25) is 4.79 Å². The minimum absolute atomic E-state index is 0.00403. The molecular weight excluding hydrogens is 292 g/mol. The number of halogens is 1. The molecule has 0 saturated heterocycles. The van der Waals surface area contributed by atoms with Crippen LogP contribution in [0.4, 0.5) is 0 Å². The molecule has 0 spiro atoms. The number of carbonyl (C=O) groups is 1. The zero-order chi connectivity index (χ0) is 15.0. The van der Waals surface area contributed by atoms with E-state index in [-0.39, 0.29) is 5.56 Å². The molecule has 21 heavy (non-hydrogen) atoms. The first kappa shape index (κ1) is 13.8. The van der Waals surface area contributed by atoms with Crippen LogP contribution in [-0.2, 0) is 4.74 Å². The fraction of sp³-hybridized carbons (Fsp3) is 0.267. The second-order valence-electron chi connectivity index (χ2n) is 4.94. The number of hydrogen-bond donors (Lipinski definition) is 0. The van der Waals surface area contributed by atoms with E-state index in [9.17, 15) is 9.59 Å². The van der Waals surface area contributed by atoms with E-state index in [0.717, 1.165) is 18.5 Å². The molecule has 3 rings (SSSR count). The van der Waals surface area contributed by atoms with E-state index < -0.39 is 11.5 Å². The summed E-state index contributed by atoms with van der Waals surface area (Å²) >= 11 is 5.85. The third kappa shape index (κ3) is 2.69. The molecule has 0 radical (unpaired) electrons. The Kier molecular flexibility index (Phi) is 3.51. The fourth-order valence-electron chi connectivity index (χ4n) is 2.11. The summed E-state index contributed by atoms with van der Waals surface area (Å²) in [6.45, 7) is 0. The number of aromatic nitrogens is 2. The van der Waals surface area contributed by atoms with Gasteiger partial charge in [-0.25, -0.2) is 4.79 Å².